The summed E-state index contributed by atoms with van der Waals surface area (Å²) in [5.41, 5.74) is -0.122. The lowest BCUT2D eigenvalue weighted by Crippen LogP contribution is -2.57. The van der Waals surface area contributed by atoms with Gasteiger partial charge in [0, 0.05) is 25.6 Å². The predicted octanol–water partition coefficient (Wildman–Crippen LogP) is 0.337. The van der Waals surface area contributed by atoms with Crippen molar-refractivity contribution in [1.82, 2.24) is 19.8 Å². The molecule has 2 saturated heterocycles. The normalized spacial score (nSPS) is 23.3. The minimum absolute atomic E-state index is 0.0642. The van der Waals surface area contributed by atoms with Gasteiger partial charge in [-0.05, 0) is 24.3 Å². The van der Waals surface area contributed by atoms with Crippen LogP contribution in [0.3, 0.4) is 0 Å². The molecule has 7 nitrogen and oxygen atoms in total. The maximum atomic E-state index is 12.5. The monoisotopic (exact) mass is 332 g/mol. The Labute approximate surface area is 135 Å². The number of amides is 2. The van der Waals surface area contributed by atoms with Crippen molar-refractivity contribution in [2.45, 2.75) is 37.9 Å². The van der Waals surface area contributed by atoms with Gasteiger partial charge >= 0.3 is 0 Å². The smallest absolute Gasteiger partial charge is 0.262 e. The molecule has 4 rings (SSSR count). The third-order valence-electron chi connectivity index (χ3n) is 4.62. The standard InChI is InChI=1S/C15H16N4O3S/c20-12(19-9-1-2-11(19)13(21)16-7-9)3-5-18-8-17-14-10(15(18)22)4-6-23-14/h4,6,8-9,11H,1-3,5,7H2,(H,16,21). The second kappa shape index (κ2) is 5.45. The number of carbonyl (C=O) groups excluding carboxylic acids is 2. The van der Waals surface area contributed by atoms with Gasteiger partial charge in [-0.25, -0.2) is 4.98 Å². The number of rotatable bonds is 3. The molecule has 0 saturated carbocycles. The number of thiophene rings is 1. The van der Waals surface area contributed by atoms with E-state index < -0.39 is 0 Å². The third kappa shape index (κ3) is 2.33. The molecule has 0 aromatic carbocycles. The van der Waals surface area contributed by atoms with Gasteiger partial charge < -0.3 is 10.2 Å². The molecule has 2 aliphatic rings. The molecule has 2 atom stereocenters. The van der Waals surface area contributed by atoms with Crippen molar-refractivity contribution in [2.24, 2.45) is 0 Å². The van der Waals surface area contributed by atoms with Crippen LogP contribution >= 0.6 is 11.3 Å². The van der Waals surface area contributed by atoms with E-state index in [-0.39, 0.29) is 42.4 Å². The van der Waals surface area contributed by atoms with Crippen molar-refractivity contribution in [3.8, 4) is 0 Å². The summed E-state index contributed by atoms with van der Waals surface area (Å²) >= 11 is 1.42. The highest BCUT2D eigenvalue weighted by Gasteiger charge is 2.43. The van der Waals surface area contributed by atoms with Gasteiger partial charge in [-0.1, -0.05) is 0 Å². The Balaban J connectivity index is 1.50. The second-order valence-corrected chi connectivity index (χ2v) is 6.82. The van der Waals surface area contributed by atoms with Crippen LogP contribution in [-0.4, -0.2) is 44.9 Å². The van der Waals surface area contributed by atoms with Crippen molar-refractivity contribution in [2.75, 3.05) is 6.54 Å². The minimum atomic E-state index is -0.338. The summed E-state index contributed by atoms with van der Waals surface area (Å²) in [4.78, 5) is 43.3. The fourth-order valence-corrected chi connectivity index (χ4v) is 4.18. The highest BCUT2D eigenvalue weighted by Crippen LogP contribution is 2.28. The number of aryl methyl sites for hydroxylation is 1. The highest BCUT2D eigenvalue weighted by molar-refractivity contribution is 7.16. The molecular formula is C15H16N4O3S. The van der Waals surface area contributed by atoms with Crippen molar-refractivity contribution < 1.29 is 9.59 Å². The van der Waals surface area contributed by atoms with Crippen LogP contribution in [0, 0.1) is 0 Å². The van der Waals surface area contributed by atoms with Gasteiger partial charge in [-0.3, -0.25) is 19.0 Å². The van der Waals surface area contributed by atoms with Crippen LogP contribution in [0.15, 0.2) is 22.6 Å². The van der Waals surface area contributed by atoms with Gasteiger partial charge in [0.25, 0.3) is 5.56 Å². The first-order chi connectivity index (χ1) is 11.1. The van der Waals surface area contributed by atoms with Crippen molar-refractivity contribution >= 4 is 33.4 Å². The summed E-state index contributed by atoms with van der Waals surface area (Å²) in [5.74, 6) is -0.129. The number of nitrogens with one attached hydrogen (secondary N) is 1. The van der Waals surface area contributed by atoms with E-state index in [1.807, 2.05) is 5.38 Å². The van der Waals surface area contributed by atoms with E-state index in [2.05, 4.69) is 10.3 Å². The van der Waals surface area contributed by atoms with Crippen molar-refractivity contribution in [3.63, 3.8) is 0 Å². The molecule has 2 aromatic heterocycles. The maximum absolute atomic E-state index is 12.5. The molecule has 8 heteroatoms. The van der Waals surface area contributed by atoms with Crippen LogP contribution in [0.1, 0.15) is 19.3 Å². The van der Waals surface area contributed by atoms with E-state index in [4.69, 9.17) is 0 Å². The average molecular weight is 332 g/mol. The molecule has 2 unspecified atom stereocenters. The first-order valence-corrected chi connectivity index (χ1v) is 8.54. The van der Waals surface area contributed by atoms with E-state index in [9.17, 15) is 14.4 Å². The zero-order valence-electron chi connectivity index (χ0n) is 12.4. The van der Waals surface area contributed by atoms with Crippen LogP contribution in [0.5, 0.6) is 0 Å². The number of piperazine rings is 1. The fraction of sp³-hybridized carbons (Fsp3) is 0.467. The molecule has 2 aliphatic heterocycles. The van der Waals surface area contributed by atoms with E-state index in [1.54, 1.807) is 11.0 Å². The van der Waals surface area contributed by atoms with Crippen LogP contribution in [0.25, 0.3) is 10.2 Å². The van der Waals surface area contributed by atoms with E-state index in [0.29, 0.717) is 16.8 Å². The van der Waals surface area contributed by atoms with Gasteiger partial charge in [0.05, 0.1) is 11.7 Å². The SMILES string of the molecule is O=C1NCC2CCC1N2C(=O)CCn1cnc2sccc2c1=O. The van der Waals surface area contributed by atoms with Crippen LogP contribution in [0.4, 0.5) is 0 Å². The molecule has 120 valence electrons. The largest absolute Gasteiger partial charge is 0.352 e. The summed E-state index contributed by atoms with van der Waals surface area (Å²) in [6, 6.07) is 1.51. The third-order valence-corrected chi connectivity index (χ3v) is 5.44. The maximum Gasteiger partial charge on any atom is 0.262 e. The molecule has 2 aromatic rings. The number of fused-ring (bicyclic) bond motifs is 3. The summed E-state index contributed by atoms with van der Waals surface area (Å²) in [5, 5.41) is 5.25. The molecule has 2 bridgehead atoms. The quantitative estimate of drug-likeness (QED) is 0.878. The minimum Gasteiger partial charge on any atom is -0.352 e. The highest BCUT2D eigenvalue weighted by atomic mass is 32.1. The van der Waals surface area contributed by atoms with Crippen molar-refractivity contribution in [1.29, 1.82) is 0 Å². The zero-order chi connectivity index (χ0) is 16.0. The number of nitrogens with zero attached hydrogens (tertiary/aromatic N) is 3. The number of aromatic nitrogens is 2. The Hall–Kier alpha value is -2.22. The summed E-state index contributed by atoms with van der Waals surface area (Å²) in [6.45, 7) is 0.817. The van der Waals surface area contributed by atoms with E-state index >= 15 is 0 Å². The Bertz CT molecular complexity index is 843. The van der Waals surface area contributed by atoms with E-state index in [0.717, 1.165) is 12.8 Å². The number of carbonyl (C=O) groups is 2. The van der Waals surface area contributed by atoms with Crippen LogP contribution < -0.4 is 10.9 Å². The first-order valence-electron chi connectivity index (χ1n) is 7.66. The van der Waals surface area contributed by atoms with Gasteiger partial charge in [-0.2, -0.15) is 0 Å². The summed E-state index contributed by atoms with van der Waals surface area (Å²) in [6.07, 6.45) is 3.28. The average Bonchev–Trinajstić information content (AvgIpc) is 3.15. The molecule has 2 fully saturated rings. The Kier molecular flexibility index (Phi) is 3.41. The molecule has 0 radical (unpaired) electrons. The molecule has 1 N–H and O–H groups in total. The van der Waals surface area contributed by atoms with E-state index in [1.165, 1.54) is 22.2 Å². The zero-order valence-corrected chi connectivity index (χ0v) is 13.2. The lowest BCUT2D eigenvalue weighted by molar-refractivity contribution is -0.143. The fourth-order valence-electron chi connectivity index (χ4n) is 3.45. The Morgan fingerprint density at radius 1 is 1.39 bits per heavy atom. The summed E-state index contributed by atoms with van der Waals surface area (Å²) < 4.78 is 1.47. The molecule has 2 amide bonds. The molecule has 0 spiro atoms. The lowest BCUT2D eigenvalue weighted by Gasteiger charge is -2.34. The first kappa shape index (κ1) is 14.4. The van der Waals surface area contributed by atoms with Gasteiger partial charge in [-0.15, -0.1) is 11.3 Å². The van der Waals surface area contributed by atoms with Crippen LogP contribution in [-0.2, 0) is 16.1 Å². The topological polar surface area (TPSA) is 84.3 Å². The van der Waals surface area contributed by atoms with Crippen molar-refractivity contribution in [3.05, 3.63) is 28.1 Å². The van der Waals surface area contributed by atoms with Gasteiger partial charge in [0.15, 0.2) is 0 Å². The molecular weight excluding hydrogens is 316 g/mol. The van der Waals surface area contributed by atoms with Gasteiger partial charge in [0.1, 0.15) is 10.9 Å². The molecule has 23 heavy (non-hydrogen) atoms. The predicted molar refractivity (Wildman–Crippen MR) is 85.2 cm³/mol. The summed E-state index contributed by atoms with van der Waals surface area (Å²) in [7, 11) is 0. The molecule has 0 aliphatic carbocycles. The Morgan fingerprint density at radius 2 is 2.26 bits per heavy atom. The number of hydrogen-bond donors (Lipinski definition) is 1. The molecule has 4 heterocycles. The van der Waals surface area contributed by atoms with Gasteiger partial charge in [0.2, 0.25) is 11.8 Å². The second-order valence-electron chi connectivity index (χ2n) is 5.93. The number of hydrogen-bond acceptors (Lipinski definition) is 5. The van der Waals surface area contributed by atoms with Crippen LogP contribution in [0.2, 0.25) is 0 Å². The lowest BCUT2D eigenvalue weighted by atomic mass is 10.2. The Morgan fingerprint density at radius 3 is 3.13 bits per heavy atom.